The van der Waals surface area contributed by atoms with Crippen LogP contribution in [0.1, 0.15) is 311 Å². The molecule has 0 saturated heterocycles. The molecule has 0 aromatic heterocycles. The predicted molar refractivity (Wildman–Crippen MR) is 311 cm³/mol. The summed E-state index contributed by atoms with van der Waals surface area (Å²) in [6.45, 7) is 17.6. The standard InChI is InChI=1S/C64H125N3O6/c1-6-11-16-21-24-25-28-35-45-63(70)72-56-60(57-73-64(71)54-58(39-30-19-14-9-4)40-32-26-22-17-12-7-2)43-36-38-49-67(61-46-47-61)51-50-66(52-53-68)48-37-29-34-44-62(69)65-55-59(41-31-20-15-10-5)42-33-27-23-18-13-8-3/h58-61,68H,6-57H2,1-5H3,(H,65,69). The van der Waals surface area contributed by atoms with Crippen LogP contribution in [0.25, 0.3) is 0 Å². The molecule has 0 aromatic rings. The van der Waals surface area contributed by atoms with Gasteiger partial charge in [-0.05, 0) is 95.6 Å². The van der Waals surface area contributed by atoms with Gasteiger partial charge in [-0.25, -0.2) is 0 Å². The maximum absolute atomic E-state index is 13.4. The number of hydrogen-bond donors (Lipinski definition) is 2. The van der Waals surface area contributed by atoms with Gasteiger partial charge in [-0.15, -0.1) is 0 Å². The van der Waals surface area contributed by atoms with Gasteiger partial charge in [0, 0.05) is 57.4 Å². The first-order valence-corrected chi connectivity index (χ1v) is 32.4. The summed E-state index contributed by atoms with van der Waals surface area (Å²) in [6, 6.07) is 0.650. The molecule has 1 rings (SSSR count). The Morgan fingerprint density at radius 2 is 0.849 bits per heavy atom. The van der Waals surface area contributed by atoms with Crippen LogP contribution < -0.4 is 5.32 Å². The third-order valence-corrected chi connectivity index (χ3v) is 16.0. The SMILES string of the molecule is CCCCCCCCCCC(=O)OCC(CCCCN(CCN(CCO)CCCCCC(=O)NCC(CCCCCC)CCCCCCCC)C1CC1)COC(=O)CC(CCCCCC)CCCCCCCC. The van der Waals surface area contributed by atoms with E-state index in [-0.39, 0.29) is 30.4 Å². The van der Waals surface area contributed by atoms with Crippen molar-refractivity contribution in [1.29, 1.82) is 0 Å². The number of hydrogen-bond acceptors (Lipinski definition) is 8. The van der Waals surface area contributed by atoms with Gasteiger partial charge in [-0.3, -0.25) is 24.2 Å². The molecule has 0 radical (unpaired) electrons. The summed E-state index contributed by atoms with van der Waals surface area (Å²) < 4.78 is 11.9. The van der Waals surface area contributed by atoms with Gasteiger partial charge in [-0.2, -0.15) is 0 Å². The third-order valence-electron chi connectivity index (χ3n) is 16.0. The highest BCUT2D eigenvalue weighted by molar-refractivity contribution is 5.75. The van der Waals surface area contributed by atoms with Gasteiger partial charge < -0.3 is 19.9 Å². The largest absolute Gasteiger partial charge is 0.465 e. The maximum atomic E-state index is 13.4. The lowest BCUT2D eigenvalue weighted by Crippen LogP contribution is -2.38. The highest BCUT2D eigenvalue weighted by Gasteiger charge is 2.29. The van der Waals surface area contributed by atoms with E-state index in [2.05, 4.69) is 49.7 Å². The van der Waals surface area contributed by atoms with Crippen molar-refractivity contribution in [3.8, 4) is 0 Å². The molecule has 3 atom stereocenters. The van der Waals surface area contributed by atoms with Gasteiger partial charge in [0.25, 0.3) is 0 Å². The Morgan fingerprint density at radius 1 is 0.438 bits per heavy atom. The van der Waals surface area contributed by atoms with Crippen LogP contribution >= 0.6 is 0 Å². The highest BCUT2D eigenvalue weighted by atomic mass is 16.5. The van der Waals surface area contributed by atoms with Crippen LogP contribution in [0.4, 0.5) is 0 Å². The fourth-order valence-electron chi connectivity index (χ4n) is 10.8. The average Bonchev–Trinajstić information content (AvgIpc) is 4.24. The number of aliphatic hydroxyl groups is 1. The fourth-order valence-corrected chi connectivity index (χ4v) is 10.8. The lowest BCUT2D eigenvalue weighted by molar-refractivity contribution is -0.150. The molecule has 432 valence electrons. The summed E-state index contributed by atoms with van der Waals surface area (Å²) in [6.07, 6.45) is 50.0. The summed E-state index contributed by atoms with van der Waals surface area (Å²) in [7, 11) is 0. The van der Waals surface area contributed by atoms with E-state index in [1.807, 2.05) is 0 Å². The number of amides is 1. The first-order chi connectivity index (χ1) is 35.8. The number of nitrogens with zero attached hydrogens (tertiary/aromatic N) is 2. The van der Waals surface area contributed by atoms with Crippen molar-refractivity contribution in [2.45, 2.75) is 317 Å². The van der Waals surface area contributed by atoms with Crippen LogP contribution in [0.5, 0.6) is 0 Å². The van der Waals surface area contributed by atoms with Crippen molar-refractivity contribution in [3.63, 3.8) is 0 Å². The molecular weight excluding hydrogens is 907 g/mol. The molecule has 1 aliphatic carbocycles. The Balaban J connectivity index is 2.65. The molecule has 1 saturated carbocycles. The van der Waals surface area contributed by atoms with E-state index in [4.69, 9.17) is 9.47 Å². The number of rotatable bonds is 58. The molecule has 0 spiro atoms. The van der Waals surface area contributed by atoms with Crippen molar-refractivity contribution in [3.05, 3.63) is 0 Å². The zero-order chi connectivity index (χ0) is 53.1. The molecule has 0 aromatic carbocycles. The van der Waals surface area contributed by atoms with Crippen LogP contribution in [0.3, 0.4) is 0 Å². The lowest BCUT2D eigenvalue weighted by atomic mass is 9.91. The molecule has 73 heavy (non-hydrogen) atoms. The van der Waals surface area contributed by atoms with E-state index in [1.54, 1.807) is 0 Å². The van der Waals surface area contributed by atoms with Crippen LogP contribution in [0, 0.1) is 17.8 Å². The minimum absolute atomic E-state index is 0.0145. The van der Waals surface area contributed by atoms with E-state index in [0.717, 1.165) is 96.9 Å². The van der Waals surface area contributed by atoms with Crippen LogP contribution in [-0.4, -0.2) is 97.9 Å². The number of carbonyl (C=O) groups is 3. The van der Waals surface area contributed by atoms with Gasteiger partial charge in [-0.1, -0.05) is 221 Å². The summed E-state index contributed by atoms with van der Waals surface area (Å²) >= 11 is 0. The van der Waals surface area contributed by atoms with E-state index in [1.165, 1.54) is 193 Å². The van der Waals surface area contributed by atoms with Crippen molar-refractivity contribution in [2.75, 3.05) is 59.1 Å². The van der Waals surface area contributed by atoms with Crippen molar-refractivity contribution in [1.82, 2.24) is 15.1 Å². The Morgan fingerprint density at radius 3 is 1.37 bits per heavy atom. The van der Waals surface area contributed by atoms with E-state index >= 15 is 0 Å². The monoisotopic (exact) mass is 1030 g/mol. The molecule has 0 bridgehead atoms. The van der Waals surface area contributed by atoms with Gasteiger partial charge >= 0.3 is 11.9 Å². The van der Waals surface area contributed by atoms with Gasteiger partial charge in [0.05, 0.1) is 19.8 Å². The Kier molecular flexibility index (Phi) is 49.7. The number of esters is 2. The molecule has 0 aliphatic heterocycles. The third kappa shape index (κ3) is 45.1. The Bertz CT molecular complexity index is 1220. The Labute approximate surface area is 453 Å². The topological polar surface area (TPSA) is 108 Å². The molecular formula is C64H125N3O6. The smallest absolute Gasteiger partial charge is 0.306 e. The summed E-state index contributed by atoms with van der Waals surface area (Å²) in [5.41, 5.74) is 0. The second-order valence-electron chi connectivity index (χ2n) is 23.1. The molecule has 3 unspecified atom stereocenters. The number of aliphatic hydroxyl groups excluding tert-OH is 1. The number of ether oxygens (including phenoxy) is 2. The predicted octanol–water partition coefficient (Wildman–Crippen LogP) is 16.9. The van der Waals surface area contributed by atoms with E-state index in [0.29, 0.717) is 56.9 Å². The number of carbonyl (C=O) groups excluding carboxylic acids is 3. The maximum Gasteiger partial charge on any atom is 0.306 e. The quantitative estimate of drug-likeness (QED) is 0.0458. The molecule has 9 heteroatoms. The average molecular weight is 1030 g/mol. The number of nitrogens with one attached hydrogen (secondary N) is 1. The first-order valence-electron chi connectivity index (χ1n) is 32.4. The second-order valence-corrected chi connectivity index (χ2v) is 23.1. The number of unbranched alkanes of at least 4 members (excludes halogenated alkanes) is 26. The Hall–Kier alpha value is -1.71. The van der Waals surface area contributed by atoms with Crippen LogP contribution in [-0.2, 0) is 23.9 Å². The van der Waals surface area contributed by atoms with Crippen LogP contribution in [0.2, 0.25) is 0 Å². The molecule has 9 nitrogen and oxygen atoms in total. The first kappa shape index (κ1) is 69.3. The van der Waals surface area contributed by atoms with E-state index < -0.39 is 0 Å². The second kappa shape index (κ2) is 52.3. The van der Waals surface area contributed by atoms with Gasteiger partial charge in [0.2, 0.25) is 5.91 Å². The minimum Gasteiger partial charge on any atom is -0.465 e. The zero-order valence-corrected chi connectivity index (χ0v) is 49.5. The normalized spacial score (nSPS) is 14.0. The lowest BCUT2D eigenvalue weighted by Gasteiger charge is -2.27. The molecule has 1 fully saturated rings. The zero-order valence-electron chi connectivity index (χ0n) is 49.5. The fraction of sp³-hybridized carbons (Fsp3) is 0.953. The van der Waals surface area contributed by atoms with Crippen molar-refractivity contribution in [2.24, 2.45) is 17.8 Å². The highest BCUT2D eigenvalue weighted by Crippen LogP contribution is 2.28. The van der Waals surface area contributed by atoms with Gasteiger partial charge in [0.15, 0.2) is 0 Å². The summed E-state index contributed by atoms with van der Waals surface area (Å²) in [5.74, 6) is 1.04. The molecule has 2 N–H and O–H groups in total. The minimum atomic E-state index is -0.114. The molecule has 1 amide bonds. The van der Waals surface area contributed by atoms with Crippen LogP contribution in [0.15, 0.2) is 0 Å². The van der Waals surface area contributed by atoms with Crippen molar-refractivity contribution < 1.29 is 29.0 Å². The summed E-state index contributed by atoms with van der Waals surface area (Å²) in [5, 5.41) is 13.3. The van der Waals surface area contributed by atoms with E-state index in [9.17, 15) is 19.5 Å². The van der Waals surface area contributed by atoms with Gasteiger partial charge in [0.1, 0.15) is 0 Å². The molecule has 1 aliphatic rings. The molecule has 0 heterocycles. The van der Waals surface area contributed by atoms with Crippen molar-refractivity contribution >= 4 is 17.8 Å². The summed E-state index contributed by atoms with van der Waals surface area (Å²) in [4.78, 5) is 44.3.